The van der Waals surface area contributed by atoms with Crippen molar-refractivity contribution in [3.8, 4) is 0 Å². The molecule has 0 amide bonds. The van der Waals surface area contributed by atoms with Crippen LogP contribution in [0.25, 0.3) is 0 Å². The van der Waals surface area contributed by atoms with Gasteiger partial charge in [-0.05, 0) is 39.2 Å². The Labute approximate surface area is 87.1 Å². The van der Waals surface area contributed by atoms with Crippen LogP contribution >= 0.6 is 0 Å². The lowest BCUT2D eigenvalue weighted by molar-refractivity contribution is 0.0426. The molecule has 0 aliphatic carbocycles. The first-order valence-electron chi connectivity index (χ1n) is 5.67. The van der Waals surface area contributed by atoms with Gasteiger partial charge in [0.25, 0.3) is 0 Å². The van der Waals surface area contributed by atoms with E-state index < -0.39 is 0 Å². The van der Waals surface area contributed by atoms with E-state index in [4.69, 9.17) is 9.84 Å². The van der Waals surface area contributed by atoms with E-state index in [0.717, 1.165) is 26.2 Å². The van der Waals surface area contributed by atoms with E-state index in [1.807, 2.05) is 0 Å². The quantitative estimate of drug-likeness (QED) is 0.723. The molecule has 1 aliphatic rings. The Morgan fingerprint density at radius 1 is 1.50 bits per heavy atom. The summed E-state index contributed by atoms with van der Waals surface area (Å²) in [6.45, 7) is 8.49. The molecular weight excluding hydrogens is 178 g/mol. The minimum atomic E-state index is 0.327. The van der Waals surface area contributed by atoms with E-state index in [2.05, 4.69) is 18.7 Å². The lowest BCUT2D eigenvalue weighted by atomic mass is 9.99. The van der Waals surface area contributed by atoms with E-state index in [1.54, 1.807) is 0 Å². The first-order valence-corrected chi connectivity index (χ1v) is 5.67. The molecule has 0 aromatic carbocycles. The molecule has 1 aliphatic heterocycles. The molecule has 3 heteroatoms. The van der Waals surface area contributed by atoms with Gasteiger partial charge in [-0.3, -0.25) is 0 Å². The van der Waals surface area contributed by atoms with Crippen LogP contribution in [0.4, 0.5) is 0 Å². The molecule has 1 heterocycles. The third-order valence-corrected chi connectivity index (χ3v) is 2.72. The van der Waals surface area contributed by atoms with Crippen molar-refractivity contribution >= 4 is 0 Å². The average molecular weight is 201 g/mol. The van der Waals surface area contributed by atoms with Crippen molar-refractivity contribution in [3.63, 3.8) is 0 Å². The lowest BCUT2D eigenvalue weighted by Gasteiger charge is -2.31. The zero-order chi connectivity index (χ0) is 10.4. The SMILES string of the molecule is CC(C)OCCN1CCCC(CO)C1. The second kappa shape index (κ2) is 6.38. The smallest absolute Gasteiger partial charge is 0.0596 e. The lowest BCUT2D eigenvalue weighted by Crippen LogP contribution is -2.38. The van der Waals surface area contributed by atoms with Crippen molar-refractivity contribution < 1.29 is 9.84 Å². The molecule has 1 rings (SSSR count). The van der Waals surface area contributed by atoms with Crippen molar-refractivity contribution in [2.24, 2.45) is 5.92 Å². The molecule has 0 aromatic rings. The highest BCUT2D eigenvalue weighted by atomic mass is 16.5. The maximum absolute atomic E-state index is 9.06. The van der Waals surface area contributed by atoms with Crippen molar-refractivity contribution in [3.05, 3.63) is 0 Å². The second-order valence-electron chi connectivity index (χ2n) is 4.41. The molecule has 0 bridgehead atoms. The van der Waals surface area contributed by atoms with Gasteiger partial charge in [0.2, 0.25) is 0 Å². The van der Waals surface area contributed by atoms with Crippen LogP contribution in [-0.2, 0) is 4.74 Å². The number of nitrogens with zero attached hydrogens (tertiary/aromatic N) is 1. The van der Waals surface area contributed by atoms with Gasteiger partial charge in [-0.15, -0.1) is 0 Å². The zero-order valence-corrected chi connectivity index (χ0v) is 9.41. The number of hydrogen-bond donors (Lipinski definition) is 1. The Bertz CT molecular complexity index is 150. The van der Waals surface area contributed by atoms with E-state index in [-0.39, 0.29) is 0 Å². The topological polar surface area (TPSA) is 32.7 Å². The molecule has 1 fully saturated rings. The van der Waals surface area contributed by atoms with Gasteiger partial charge in [0.05, 0.1) is 12.7 Å². The van der Waals surface area contributed by atoms with Gasteiger partial charge in [-0.25, -0.2) is 0 Å². The summed E-state index contributed by atoms with van der Waals surface area (Å²) in [5.41, 5.74) is 0. The Hall–Kier alpha value is -0.120. The second-order valence-corrected chi connectivity index (χ2v) is 4.41. The predicted octanol–water partition coefficient (Wildman–Crippen LogP) is 1.12. The Kier molecular flexibility index (Phi) is 5.45. The van der Waals surface area contributed by atoms with Gasteiger partial charge >= 0.3 is 0 Å². The molecule has 1 unspecified atom stereocenters. The summed E-state index contributed by atoms with van der Waals surface area (Å²) >= 11 is 0. The van der Waals surface area contributed by atoms with Crippen LogP contribution in [0.2, 0.25) is 0 Å². The van der Waals surface area contributed by atoms with Crippen LogP contribution < -0.4 is 0 Å². The van der Waals surface area contributed by atoms with Gasteiger partial charge in [0, 0.05) is 19.7 Å². The van der Waals surface area contributed by atoms with Gasteiger partial charge in [0.1, 0.15) is 0 Å². The van der Waals surface area contributed by atoms with Crippen molar-refractivity contribution in [2.45, 2.75) is 32.8 Å². The number of aliphatic hydroxyl groups is 1. The standard InChI is InChI=1S/C11H23NO2/c1-10(2)14-7-6-12-5-3-4-11(8-12)9-13/h10-11,13H,3-9H2,1-2H3. The zero-order valence-electron chi connectivity index (χ0n) is 9.41. The molecule has 14 heavy (non-hydrogen) atoms. The molecule has 3 nitrogen and oxygen atoms in total. The number of piperidine rings is 1. The molecular formula is C11H23NO2. The molecule has 0 spiro atoms. The molecule has 0 saturated carbocycles. The summed E-state index contributed by atoms with van der Waals surface area (Å²) in [7, 11) is 0. The number of rotatable bonds is 5. The summed E-state index contributed by atoms with van der Waals surface area (Å²) in [6, 6.07) is 0. The first-order chi connectivity index (χ1) is 6.72. The van der Waals surface area contributed by atoms with Gasteiger partial charge in [0.15, 0.2) is 0 Å². The van der Waals surface area contributed by atoms with Crippen molar-refractivity contribution in [2.75, 3.05) is 32.8 Å². The van der Waals surface area contributed by atoms with Crippen LogP contribution in [0.3, 0.4) is 0 Å². The Morgan fingerprint density at radius 2 is 2.29 bits per heavy atom. The number of likely N-dealkylation sites (tertiary alicyclic amines) is 1. The summed E-state index contributed by atoms with van der Waals surface area (Å²) in [4.78, 5) is 2.40. The van der Waals surface area contributed by atoms with Crippen LogP contribution in [0, 0.1) is 5.92 Å². The van der Waals surface area contributed by atoms with Crippen LogP contribution in [-0.4, -0.2) is 49.0 Å². The molecule has 1 saturated heterocycles. The third-order valence-electron chi connectivity index (χ3n) is 2.72. The maximum atomic E-state index is 9.06. The highest BCUT2D eigenvalue weighted by molar-refractivity contribution is 4.71. The van der Waals surface area contributed by atoms with Gasteiger partial charge in [-0.2, -0.15) is 0 Å². The summed E-state index contributed by atoms with van der Waals surface area (Å²) in [5, 5.41) is 9.06. The highest BCUT2D eigenvalue weighted by Crippen LogP contribution is 2.15. The maximum Gasteiger partial charge on any atom is 0.0596 e. The molecule has 1 atom stereocenters. The molecule has 0 aromatic heterocycles. The van der Waals surface area contributed by atoms with Crippen LogP contribution in [0.1, 0.15) is 26.7 Å². The Morgan fingerprint density at radius 3 is 2.93 bits per heavy atom. The largest absolute Gasteiger partial charge is 0.396 e. The van der Waals surface area contributed by atoms with E-state index in [1.165, 1.54) is 12.8 Å². The summed E-state index contributed by atoms with van der Waals surface area (Å²) in [6.07, 6.45) is 2.72. The first kappa shape index (κ1) is 12.0. The van der Waals surface area contributed by atoms with Crippen LogP contribution in [0.15, 0.2) is 0 Å². The fraction of sp³-hybridized carbons (Fsp3) is 1.00. The number of hydrogen-bond acceptors (Lipinski definition) is 3. The molecule has 84 valence electrons. The van der Waals surface area contributed by atoms with E-state index in [0.29, 0.717) is 18.6 Å². The van der Waals surface area contributed by atoms with Crippen molar-refractivity contribution in [1.82, 2.24) is 4.90 Å². The fourth-order valence-corrected chi connectivity index (χ4v) is 1.92. The van der Waals surface area contributed by atoms with Gasteiger partial charge < -0.3 is 14.7 Å². The van der Waals surface area contributed by atoms with Crippen molar-refractivity contribution in [1.29, 1.82) is 0 Å². The average Bonchev–Trinajstić information content (AvgIpc) is 2.18. The summed E-state index contributed by atoms with van der Waals surface area (Å²) < 4.78 is 5.51. The molecule has 0 radical (unpaired) electrons. The highest BCUT2D eigenvalue weighted by Gasteiger charge is 2.18. The van der Waals surface area contributed by atoms with Crippen LogP contribution in [0.5, 0.6) is 0 Å². The minimum Gasteiger partial charge on any atom is -0.396 e. The Balaban J connectivity index is 2.11. The molecule has 1 N–H and O–H groups in total. The third kappa shape index (κ3) is 4.40. The normalized spacial score (nSPS) is 24.4. The van der Waals surface area contributed by atoms with E-state index in [9.17, 15) is 0 Å². The number of aliphatic hydroxyl groups excluding tert-OH is 1. The summed E-state index contributed by atoms with van der Waals surface area (Å²) in [5.74, 6) is 0.489. The predicted molar refractivity (Wildman–Crippen MR) is 57.3 cm³/mol. The van der Waals surface area contributed by atoms with Gasteiger partial charge in [-0.1, -0.05) is 0 Å². The number of ether oxygens (including phenoxy) is 1. The minimum absolute atomic E-state index is 0.327. The van der Waals surface area contributed by atoms with E-state index >= 15 is 0 Å². The fourth-order valence-electron chi connectivity index (χ4n) is 1.92. The monoisotopic (exact) mass is 201 g/mol.